The molecule has 2 heterocycles. The van der Waals surface area contributed by atoms with Crippen molar-refractivity contribution in [3.63, 3.8) is 0 Å². The Morgan fingerprint density at radius 2 is 2.00 bits per heavy atom. The number of carbonyl (C=O) groups is 1. The summed E-state index contributed by atoms with van der Waals surface area (Å²) in [6.07, 6.45) is 1.31. The molecule has 1 aromatic carbocycles. The Labute approximate surface area is 123 Å². The Kier molecular flexibility index (Phi) is 3.86. The normalized spacial score (nSPS) is 17.6. The molecule has 5 heteroatoms. The van der Waals surface area contributed by atoms with Crippen molar-refractivity contribution >= 4 is 22.6 Å². The van der Waals surface area contributed by atoms with E-state index in [1.807, 2.05) is 36.4 Å². The molecular weight excluding hydrogens is 266 g/mol. The summed E-state index contributed by atoms with van der Waals surface area (Å²) in [5.41, 5.74) is 6.18. The summed E-state index contributed by atoms with van der Waals surface area (Å²) in [6, 6.07) is 11.6. The van der Waals surface area contributed by atoms with Crippen molar-refractivity contribution in [2.75, 3.05) is 25.1 Å². The Balaban J connectivity index is 1.81. The Bertz CT molecular complexity index is 651. The third-order valence-electron chi connectivity index (χ3n) is 4.16. The minimum absolute atomic E-state index is 0.0592. The van der Waals surface area contributed by atoms with E-state index in [4.69, 9.17) is 10.5 Å². The first kappa shape index (κ1) is 14.0. The number of para-hydroxylation sites is 1. The van der Waals surface area contributed by atoms with Crippen LogP contribution in [0.5, 0.6) is 0 Å². The van der Waals surface area contributed by atoms with Gasteiger partial charge in [-0.3, -0.25) is 4.79 Å². The number of fused-ring (bicyclic) bond motifs is 1. The number of nitrogens with one attached hydrogen (secondary N) is 1. The van der Waals surface area contributed by atoms with Crippen molar-refractivity contribution in [2.24, 2.45) is 11.1 Å². The standard InChI is InChI=1S/C16H19N3O2/c17-11-16(7-9-21-10-8-16)15(20)19-14-6-5-12-3-1-2-4-13(12)18-14/h1-6H,7-11,17H2,(H,18,19,20). The van der Waals surface area contributed by atoms with Crippen LogP contribution in [-0.4, -0.2) is 30.6 Å². The smallest absolute Gasteiger partial charge is 0.233 e. The predicted molar refractivity (Wildman–Crippen MR) is 81.9 cm³/mol. The highest BCUT2D eigenvalue weighted by atomic mass is 16.5. The van der Waals surface area contributed by atoms with E-state index in [2.05, 4.69) is 10.3 Å². The molecule has 0 saturated carbocycles. The van der Waals surface area contributed by atoms with Gasteiger partial charge < -0.3 is 15.8 Å². The number of nitrogens with zero attached hydrogens (tertiary/aromatic N) is 1. The van der Waals surface area contributed by atoms with E-state index in [1.165, 1.54) is 0 Å². The quantitative estimate of drug-likeness (QED) is 0.903. The van der Waals surface area contributed by atoms with Gasteiger partial charge in [0.1, 0.15) is 5.82 Å². The van der Waals surface area contributed by atoms with Gasteiger partial charge in [-0.05, 0) is 31.0 Å². The molecule has 0 aliphatic carbocycles. The van der Waals surface area contributed by atoms with Crippen molar-refractivity contribution in [3.05, 3.63) is 36.4 Å². The fourth-order valence-corrected chi connectivity index (χ4v) is 2.67. The molecule has 5 nitrogen and oxygen atoms in total. The molecule has 3 rings (SSSR count). The predicted octanol–water partition coefficient (Wildman–Crippen LogP) is 1.93. The summed E-state index contributed by atoms with van der Waals surface area (Å²) in [5, 5.41) is 3.96. The number of pyridine rings is 1. The SMILES string of the molecule is NCC1(C(=O)Nc2ccc3ccccc3n2)CCOCC1. The van der Waals surface area contributed by atoms with E-state index in [9.17, 15) is 4.79 Å². The number of rotatable bonds is 3. The molecular formula is C16H19N3O2. The maximum atomic E-state index is 12.6. The molecule has 0 bridgehead atoms. The second-order valence-electron chi connectivity index (χ2n) is 5.44. The van der Waals surface area contributed by atoms with Gasteiger partial charge in [0.05, 0.1) is 10.9 Å². The number of nitrogens with two attached hydrogens (primary N) is 1. The molecule has 2 aromatic rings. The van der Waals surface area contributed by atoms with Crippen LogP contribution in [-0.2, 0) is 9.53 Å². The van der Waals surface area contributed by atoms with Gasteiger partial charge in [0.2, 0.25) is 5.91 Å². The first-order chi connectivity index (χ1) is 10.2. The monoisotopic (exact) mass is 285 g/mol. The topological polar surface area (TPSA) is 77.2 Å². The maximum Gasteiger partial charge on any atom is 0.233 e. The number of hydrogen-bond acceptors (Lipinski definition) is 4. The van der Waals surface area contributed by atoms with E-state index < -0.39 is 5.41 Å². The van der Waals surface area contributed by atoms with Gasteiger partial charge in [0, 0.05) is 25.1 Å². The molecule has 110 valence electrons. The molecule has 1 saturated heterocycles. The van der Waals surface area contributed by atoms with Crippen molar-refractivity contribution in [2.45, 2.75) is 12.8 Å². The average molecular weight is 285 g/mol. The first-order valence-electron chi connectivity index (χ1n) is 7.19. The van der Waals surface area contributed by atoms with Crippen LogP contribution in [0.3, 0.4) is 0 Å². The summed E-state index contributed by atoms with van der Waals surface area (Å²) < 4.78 is 5.33. The van der Waals surface area contributed by atoms with Crippen LogP contribution in [0, 0.1) is 5.41 Å². The molecule has 3 N–H and O–H groups in total. The summed E-state index contributed by atoms with van der Waals surface area (Å²) in [5.74, 6) is 0.508. The van der Waals surface area contributed by atoms with E-state index in [0.717, 1.165) is 10.9 Å². The zero-order chi connectivity index (χ0) is 14.7. The highest BCUT2D eigenvalue weighted by molar-refractivity contribution is 5.95. The lowest BCUT2D eigenvalue weighted by Crippen LogP contribution is -2.46. The van der Waals surface area contributed by atoms with Crippen LogP contribution in [0.1, 0.15) is 12.8 Å². The van der Waals surface area contributed by atoms with Crippen molar-refractivity contribution in [1.29, 1.82) is 0 Å². The van der Waals surface area contributed by atoms with Crippen molar-refractivity contribution in [1.82, 2.24) is 4.98 Å². The van der Waals surface area contributed by atoms with E-state index >= 15 is 0 Å². The second-order valence-corrected chi connectivity index (χ2v) is 5.44. The highest BCUT2D eigenvalue weighted by Crippen LogP contribution is 2.30. The van der Waals surface area contributed by atoms with E-state index in [1.54, 1.807) is 0 Å². The number of benzene rings is 1. The molecule has 21 heavy (non-hydrogen) atoms. The Hall–Kier alpha value is -1.98. The van der Waals surface area contributed by atoms with Crippen molar-refractivity contribution < 1.29 is 9.53 Å². The number of amides is 1. The summed E-state index contributed by atoms with van der Waals surface area (Å²) in [4.78, 5) is 17.0. The lowest BCUT2D eigenvalue weighted by Gasteiger charge is -2.34. The van der Waals surface area contributed by atoms with Gasteiger partial charge in [-0.1, -0.05) is 18.2 Å². The molecule has 1 amide bonds. The minimum Gasteiger partial charge on any atom is -0.381 e. The Morgan fingerprint density at radius 1 is 1.24 bits per heavy atom. The van der Waals surface area contributed by atoms with Gasteiger partial charge in [-0.25, -0.2) is 4.98 Å². The van der Waals surface area contributed by atoms with Gasteiger partial charge in [0.15, 0.2) is 0 Å². The number of hydrogen-bond donors (Lipinski definition) is 2. The van der Waals surface area contributed by atoms with Crippen LogP contribution < -0.4 is 11.1 Å². The average Bonchev–Trinajstić information content (AvgIpc) is 2.55. The summed E-state index contributed by atoms with van der Waals surface area (Å²) in [7, 11) is 0. The van der Waals surface area contributed by atoms with Crippen LogP contribution in [0.4, 0.5) is 5.82 Å². The van der Waals surface area contributed by atoms with Gasteiger partial charge in [0.25, 0.3) is 0 Å². The molecule has 0 unspecified atom stereocenters. The summed E-state index contributed by atoms with van der Waals surface area (Å²) in [6.45, 7) is 1.49. The molecule has 1 fully saturated rings. The molecule has 1 aliphatic heterocycles. The largest absolute Gasteiger partial charge is 0.381 e. The van der Waals surface area contributed by atoms with Crippen LogP contribution in [0.15, 0.2) is 36.4 Å². The molecule has 0 radical (unpaired) electrons. The molecule has 1 aromatic heterocycles. The number of anilines is 1. The third kappa shape index (κ3) is 2.75. The lowest BCUT2D eigenvalue weighted by molar-refractivity contribution is -0.130. The molecule has 1 aliphatic rings. The Morgan fingerprint density at radius 3 is 2.76 bits per heavy atom. The second kappa shape index (κ2) is 5.79. The fraction of sp³-hybridized carbons (Fsp3) is 0.375. The number of ether oxygens (including phenoxy) is 1. The maximum absolute atomic E-state index is 12.6. The van der Waals surface area contributed by atoms with Crippen LogP contribution in [0.2, 0.25) is 0 Å². The van der Waals surface area contributed by atoms with Crippen LogP contribution in [0.25, 0.3) is 10.9 Å². The van der Waals surface area contributed by atoms with Crippen LogP contribution >= 0.6 is 0 Å². The fourth-order valence-electron chi connectivity index (χ4n) is 2.67. The van der Waals surface area contributed by atoms with Gasteiger partial charge in [-0.2, -0.15) is 0 Å². The van der Waals surface area contributed by atoms with Gasteiger partial charge >= 0.3 is 0 Å². The lowest BCUT2D eigenvalue weighted by atomic mass is 9.79. The zero-order valence-corrected chi connectivity index (χ0v) is 11.8. The van der Waals surface area contributed by atoms with E-state index in [-0.39, 0.29) is 5.91 Å². The third-order valence-corrected chi connectivity index (χ3v) is 4.16. The minimum atomic E-state index is -0.536. The highest BCUT2D eigenvalue weighted by Gasteiger charge is 2.38. The first-order valence-corrected chi connectivity index (χ1v) is 7.19. The van der Waals surface area contributed by atoms with Crippen molar-refractivity contribution in [3.8, 4) is 0 Å². The molecule has 0 spiro atoms. The van der Waals surface area contributed by atoms with E-state index in [0.29, 0.717) is 38.4 Å². The zero-order valence-electron chi connectivity index (χ0n) is 11.8. The molecule has 0 atom stereocenters. The summed E-state index contributed by atoms with van der Waals surface area (Å²) >= 11 is 0. The van der Waals surface area contributed by atoms with Gasteiger partial charge in [-0.15, -0.1) is 0 Å². The number of aromatic nitrogens is 1. The number of carbonyl (C=O) groups excluding carboxylic acids is 1.